The fourth-order valence-corrected chi connectivity index (χ4v) is 5.36. The van der Waals surface area contributed by atoms with Crippen molar-refractivity contribution in [3.8, 4) is 22.1 Å². The van der Waals surface area contributed by atoms with Crippen LogP contribution in [0.3, 0.4) is 0 Å². The zero-order valence-electron chi connectivity index (χ0n) is 20.5. The Morgan fingerprint density at radius 1 is 1.23 bits per heavy atom. The molecule has 0 bridgehead atoms. The second-order valence-electron chi connectivity index (χ2n) is 9.18. The van der Waals surface area contributed by atoms with Gasteiger partial charge in [0.1, 0.15) is 11.4 Å². The van der Waals surface area contributed by atoms with E-state index in [-0.39, 0.29) is 11.9 Å². The van der Waals surface area contributed by atoms with Crippen LogP contribution in [-0.4, -0.2) is 52.6 Å². The van der Waals surface area contributed by atoms with Gasteiger partial charge >= 0.3 is 0 Å². The van der Waals surface area contributed by atoms with Crippen molar-refractivity contribution in [3.05, 3.63) is 59.0 Å². The van der Waals surface area contributed by atoms with Gasteiger partial charge in [0.05, 0.1) is 24.1 Å². The minimum absolute atomic E-state index is 0.0112. The van der Waals surface area contributed by atoms with Gasteiger partial charge < -0.3 is 19.4 Å². The highest BCUT2D eigenvalue weighted by molar-refractivity contribution is 7.15. The van der Waals surface area contributed by atoms with Crippen LogP contribution < -0.4 is 9.47 Å². The minimum Gasteiger partial charge on any atom is -0.497 e. The first kappa shape index (κ1) is 23.4. The highest BCUT2D eigenvalue weighted by Crippen LogP contribution is 2.35. The summed E-state index contributed by atoms with van der Waals surface area (Å²) in [6.07, 6.45) is 6.88. The molecule has 1 aliphatic carbocycles. The molecule has 0 saturated heterocycles. The lowest BCUT2D eigenvalue weighted by atomic mass is 10.0. The molecule has 1 aliphatic rings. The second kappa shape index (κ2) is 9.70. The van der Waals surface area contributed by atoms with E-state index in [9.17, 15) is 4.79 Å². The molecule has 0 spiro atoms. The Morgan fingerprint density at radius 3 is 2.74 bits per heavy atom. The Hall–Kier alpha value is -3.39. The van der Waals surface area contributed by atoms with Crippen molar-refractivity contribution in [2.75, 3.05) is 20.8 Å². The van der Waals surface area contributed by atoms with Crippen molar-refractivity contribution in [1.82, 2.24) is 19.9 Å². The van der Waals surface area contributed by atoms with Gasteiger partial charge in [-0.25, -0.2) is 9.97 Å². The van der Waals surface area contributed by atoms with E-state index in [0.29, 0.717) is 17.5 Å². The number of pyridine rings is 1. The first-order valence-corrected chi connectivity index (χ1v) is 12.7. The summed E-state index contributed by atoms with van der Waals surface area (Å²) in [5.74, 6) is 1.92. The molecule has 3 aromatic heterocycles. The van der Waals surface area contributed by atoms with Crippen LogP contribution >= 0.6 is 11.3 Å². The van der Waals surface area contributed by atoms with Gasteiger partial charge in [0, 0.05) is 47.5 Å². The predicted octanol–water partition coefficient (Wildman–Crippen LogP) is 5.50. The highest BCUT2D eigenvalue weighted by Gasteiger charge is 2.33. The molecule has 3 heterocycles. The van der Waals surface area contributed by atoms with Gasteiger partial charge in [0.2, 0.25) is 5.88 Å². The number of aromatic nitrogens is 3. The lowest BCUT2D eigenvalue weighted by Gasteiger charge is -2.29. The van der Waals surface area contributed by atoms with Crippen molar-refractivity contribution in [1.29, 1.82) is 0 Å². The van der Waals surface area contributed by atoms with Gasteiger partial charge in [-0.2, -0.15) is 0 Å². The zero-order valence-corrected chi connectivity index (χ0v) is 21.3. The molecule has 1 amide bonds. The first-order chi connectivity index (χ1) is 17.0. The zero-order chi connectivity index (χ0) is 24.5. The molecule has 1 unspecified atom stereocenters. The molecular weight excluding hydrogens is 460 g/mol. The largest absolute Gasteiger partial charge is 0.497 e. The monoisotopic (exact) mass is 490 g/mol. The average molecular weight is 491 g/mol. The maximum Gasteiger partial charge on any atom is 0.274 e. The van der Waals surface area contributed by atoms with E-state index in [2.05, 4.69) is 27.9 Å². The van der Waals surface area contributed by atoms with E-state index >= 15 is 0 Å². The van der Waals surface area contributed by atoms with Gasteiger partial charge in [-0.05, 0) is 68.9 Å². The van der Waals surface area contributed by atoms with Crippen LogP contribution in [0.4, 0.5) is 0 Å². The Bertz CT molecular complexity index is 1340. The number of benzene rings is 1. The predicted molar refractivity (Wildman–Crippen MR) is 138 cm³/mol. The smallest absolute Gasteiger partial charge is 0.274 e. The normalized spacial score (nSPS) is 14.2. The fourth-order valence-electron chi connectivity index (χ4n) is 4.46. The molecule has 1 fully saturated rings. The summed E-state index contributed by atoms with van der Waals surface area (Å²) >= 11 is 1.53. The maximum absolute atomic E-state index is 14.0. The Kier molecular flexibility index (Phi) is 6.47. The molecule has 8 heteroatoms. The fraction of sp³-hybridized carbons (Fsp3) is 0.370. The van der Waals surface area contributed by atoms with E-state index in [1.54, 1.807) is 20.4 Å². The number of nitrogens with zero attached hydrogens (tertiary/aromatic N) is 3. The van der Waals surface area contributed by atoms with E-state index in [0.717, 1.165) is 45.1 Å². The molecule has 1 atom stereocenters. The van der Waals surface area contributed by atoms with Gasteiger partial charge in [-0.1, -0.05) is 0 Å². The molecule has 35 heavy (non-hydrogen) atoms. The summed E-state index contributed by atoms with van der Waals surface area (Å²) in [6, 6.07) is 9.80. The SMILES string of the molecule is COc1ccc2[nH]cc(CC(C)N(CC3CC3)C(=O)c3nc(C)sc3-c3ccc(OC)nc3)c2c1. The topological polar surface area (TPSA) is 80.3 Å². The van der Waals surface area contributed by atoms with Crippen LogP contribution in [0, 0.1) is 12.8 Å². The van der Waals surface area contributed by atoms with Crippen molar-refractivity contribution in [3.63, 3.8) is 0 Å². The van der Waals surface area contributed by atoms with Crippen LogP contribution in [0.5, 0.6) is 11.6 Å². The average Bonchev–Trinajstić information content (AvgIpc) is 3.50. The van der Waals surface area contributed by atoms with Crippen LogP contribution in [0.15, 0.2) is 42.7 Å². The van der Waals surface area contributed by atoms with Gasteiger partial charge in [-0.15, -0.1) is 11.3 Å². The summed E-state index contributed by atoms with van der Waals surface area (Å²) < 4.78 is 10.6. The van der Waals surface area contributed by atoms with Gasteiger partial charge in [0.15, 0.2) is 0 Å². The molecular formula is C27H30N4O3S. The number of aromatic amines is 1. The number of H-pyrrole nitrogens is 1. The number of carbonyl (C=O) groups excluding carboxylic acids is 1. The minimum atomic E-state index is -0.0167. The third-order valence-corrected chi connectivity index (χ3v) is 7.60. The molecule has 5 rings (SSSR count). The number of hydrogen-bond donors (Lipinski definition) is 1. The molecule has 182 valence electrons. The Balaban J connectivity index is 1.45. The number of hydrogen-bond acceptors (Lipinski definition) is 6. The molecule has 0 radical (unpaired) electrons. The first-order valence-electron chi connectivity index (χ1n) is 11.9. The third-order valence-electron chi connectivity index (χ3n) is 6.58. The second-order valence-corrected chi connectivity index (χ2v) is 10.4. The summed E-state index contributed by atoms with van der Waals surface area (Å²) in [7, 11) is 3.27. The van der Waals surface area contributed by atoms with E-state index < -0.39 is 0 Å². The number of carbonyl (C=O) groups is 1. The van der Waals surface area contributed by atoms with Crippen molar-refractivity contribution in [2.45, 2.75) is 39.2 Å². The van der Waals surface area contributed by atoms with Crippen LogP contribution in [0.1, 0.15) is 40.8 Å². The summed E-state index contributed by atoms with van der Waals surface area (Å²) in [6.45, 7) is 4.82. The van der Waals surface area contributed by atoms with Crippen molar-refractivity contribution in [2.24, 2.45) is 5.92 Å². The number of amides is 1. The van der Waals surface area contributed by atoms with Crippen LogP contribution in [-0.2, 0) is 6.42 Å². The molecule has 1 saturated carbocycles. The maximum atomic E-state index is 14.0. The van der Waals surface area contributed by atoms with E-state index in [1.165, 1.54) is 29.7 Å². The number of fused-ring (bicyclic) bond motifs is 1. The van der Waals surface area contributed by atoms with Gasteiger partial charge in [-0.3, -0.25) is 4.79 Å². The molecule has 0 aliphatic heterocycles. The number of methoxy groups -OCH3 is 2. The van der Waals surface area contributed by atoms with Crippen molar-refractivity contribution >= 4 is 28.1 Å². The molecule has 1 aromatic carbocycles. The van der Waals surface area contributed by atoms with Crippen LogP contribution in [0.25, 0.3) is 21.3 Å². The quantitative estimate of drug-likeness (QED) is 0.335. The summed E-state index contributed by atoms with van der Waals surface area (Å²) in [5, 5.41) is 1.99. The van der Waals surface area contributed by atoms with Crippen molar-refractivity contribution < 1.29 is 14.3 Å². The third kappa shape index (κ3) is 4.89. The summed E-state index contributed by atoms with van der Waals surface area (Å²) in [5.41, 5.74) is 3.63. The van der Waals surface area contributed by atoms with Gasteiger partial charge in [0.25, 0.3) is 5.91 Å². The number of rotatable bonds is 9. The summed E-state index contributed by atoms with van der Waals surface area (Å²) in [4.78, 5) is 29.2. The van der Waals surface area contributed by atoms with Crippen LogP contribution in [0.2, 0.25) is 0 Å². The number of thiazole rings is 1. The molecule has 7 nitrogen and oxygen atoms in total. The number of ether oxygens (including phenoxy) is 2. The lowest BCUT2D eigenvalue weighted by molar-refractivity contribution is 0.0677. The number of aryl methyl sites for hydroxylation is 1. The highest BCUT2D eigenvalue weighted by atomic mass is 32.1. The lowest BCUT2D eigenvalue weighted by Crippen LogP contribution is -2.41. The standard InChI is InChI=1S/C27H30N4O3S/c1-16(11-20-14-28-23-9-8-21(33-3)12-22(20)23)31(15-18-5-6-18)27(32)25-26(35-17(2)30-25)19-7-10-24(34-4)29-13-19/h7-10,12-14,16,18,28H,5-6,11,15H2,1-4H3. The number of nitrogens with one attached hydrogen (secondary N) is 1. The van der Waals surface area contributed by atoms with E-state index in [4.69, 9.17) is 9.47 Å². The molecule has 1 N–H and O–H groups in total. The molecule has 4 aromatic rings. The Morgan fingerprint density at radius 2 is 2.06 bits per heavy atom. The van der Waals surface area contributed by atoms with E-state index in [1.807, 2.05) is 42.3 Å². The Labute approximate surface area is 209 Å².